The van der Waals surface area contributed by atoms with E-state index in [-0.39, 0.29) is 0 Å². The highest BCUT2D eigenvalue weighted by atomic mass is 35.5. The summed E-state index contributed by atoms with van der Waals surface area (Å²) in [6, 6.07) is 14.0. The molecule has 0 amide bonds. The third-order valence-corrected chi connectivity index (χ3v) is 4.04. The molecule has 0 aliphatic carbocycles. The largest absolute Gasteiger partial charge is 0.300 e. The van der Waals surface area contributed by atoms with E-state index in [1.807, 2.05) is 54.6 Å². The molecule has 0 atom stereocenters. The van der Waals surface area contributed by atoms with Crippen molar-refractivity contribution in [3.8, 4) is 17.3 Å². The fraction of sp³-hybridized carbons (Fsp3) is 0.176. The maximum atomic E-state index is 9.15. The summed E-state index contributed by atoms with van der Waals surface area (Å²) in [6.07, 6.45) is 0.322. The average Bonchev–Trinajstić information content (AvgIpc) is 2.83. The van der Waals surface area contributed by atoms with E-state index < -0.39 is 0 Å². The van der Waals surface area contributed by atoms with Crippen molar-refractivity contribution in [2.24, 2.45) is 0 Å². The molecule has 0 unspecified atom stereocenters. The molecule has 1 aromatic carbocycles. The number of halogens is 1. The van der Waals surface area contributed by atoms with E-state index in [1.165, 1.54) is 0 Å². The van der Waals surface area contributed by atoms with Gasteiger partial charge in [-0.15, -0.1) is 0 Å². The SMILES string of the molecule is Cc1cc(-c2nc3cccc(C)n3c2CC#N)ccc1Cl. The number of nitrogens with zero attached hydrogens (tertiary/aromatic N) is 3. The Morgan fingerprint density at radius 3 is 2.76 bits per heavy atom. The highest BCUT2D eigenvalue weighted by Crippen LogP contribution is 2.28. The lowest BCUT2D eigenvalue weighted by molar-refractivity contribution is 1.00. The van der Waals surface area contributed by atoms with Crippen molar-refractivity contribution in [2.75, 3.05) is 0 Å². The van der Waals surface area contributed by atoms with Crippen LogP contribution in [-0.4, -0.2) is 9.38 Å². The Morgan fingerprint density at radius 1 is 1.24 bits per heavy atom. The number of nitriles is 1. The van der Waals surface area contributed by atoms with Gasteiger partial charge in [-0.3, -0.25) is 4.40 Å². The van der Waals surface area contributed by atoms with Gasteiger partial charge in [-0.25, -0.2) is 4.98 Å². The number of hydrogen-bond acceptors (Lipinski definition) is 2. The molecular formula is C17H14ClN3. The maximum absolute atomic E-state index is 9.15. The molecule has 2 heterocycles. The van der Waals surface area contributed by atoms with Crippen LogP contribution in [0.1, 0.15) is 17.0 Å². The molecule has 2 aromatic heterocycles. The van der Waals surface area contributed by atoms with Gasteiger partial charge in [0.15, 0.2) is 0 Å². The van der Waals surface area contributed by atoms with Crippen molar-refractivity contribution in [1.29, 1.82) is 5.26 Å². The van der Waals surface area contributed by atoms with Crippen LogP contribution in [0.4, 0.5) is 0 Å². The second kappa shape index (κ2) is 5.23. The lowest BCUT2D eigenvalue weighted by Gasteiger charge is -2.05. The number of fused-ring (bicyclic) bond motifs is 1. The molecule has 0 fully saturated rings. The third-order valence-electron chi connectivity index (χ3n) is 3.61. The van der Waals surface area contributed by atoms with E-state index in [0.29, 0.717) is 6.42 Å². The van der Waals surface area contributed by atoms with Gasteiger partial charge in [-0.05, 0) is 43.7 Å². The summed E-state index contributed by atoms with van der Waals surface area (Å²) in [5, 5.41) is 9.88. The van der Waals surface area contributed by atoms with E-state index in [9.17, 15) is 0 Å². The fourth-order valence-corrected chi connectivity index (χ4v) is 2.70. The number of pyridine rings is 1. The topological polar surface area (TPSA) is 41.1 Å². The first-order valence-corrected chi connectivity index (χ1v) is 7.10. The number of hydrogen-bond donors (Lipinski definition) is 0. The second-order valence-electron chi connectivity index (χ2n) is 5.07. The molecule has 3 aromatic rings. The molecule has 21 heavy (non-hydrogen) atoms. The predicted molar refractivity (Wildman–Crippen MR) is 84.4 cm³/mol. The minimum Gasteiger partial charge on any atom is -0.300 e. The van der Waals surface area contributed by atoms with Gasteiger partial charge in [0.25, 0.3) is 0 Å². The van der Waals surface area contributed by atoms with Gasteiger partial charge < -0.3 is 0 Å². The lowest BCUT2D eigenvalue weighted by atomic mass is 10.1. The standard InChI is InChI=1S/C17H14ClN3/c1-11-10-13(6-7-14(11)18)17-15(8-9-19)21-12(2)4-3-5-16(21)20-17/h3-7,10H,8H2,1-2H3. The van der Waals surface area contributed by atoms with Gasteiger partial charge in [-0.2, -0.15) is 5.26 Å². The molecule has 0 radical (unpaired) electrons. The molecule has 104 valence electrons. The Morgan fingerprint density at radius 2 is 2.05 bits per heavy atom. The Hall–Kier alpha value is -2.31. The zero-order chi connectivity index (χ0) is 15.0. The molecular weight excluding hydrogens is 282 g/mol. The highest BCUT2D eigenvalue weighted by molar-refractivity contribution is 6.31. The van der Waals surface area contributed by atoms with Crippen molar-refractivity contribution in [3.63, 3.8) is 0 Å². The summed E-state index contributed by atoms with van der Waals surface area (Å²) in [7, 11) is 0. The molecule has 0 aliphatic rings. The molecule has 0 aliphatic heterocycles. The molecule has 4 heteroatoms. The number of benzene rings is 1. The molecule has 0 bridgehead atoms. The molecule has 3 nitrogen and oxygen atoms in total. The summed E-state index contributed by atoms with van der Waals surface area (Å²) in [5.41, 5.74) is 5.71. The molecule has 0 saturated heterocycles. The molecule has 0 N–H and O–H groups in total. The summed E-state index contributed by atoms with van der Waals surface area (Å²) >= 11 is 6.10. The van der Waals surface area contributed by atoms with Gasteiger partial charge in [0.1, 0.15) is 5.65 Å². The average molecular weight is 296 g/mol. The Balaban J connectivity index is 2.31. The Labute approximate surface area is 128 Å². The normalized spacial score (nSPS) is 10.8. The number of aromatic nitrogens is 2. The van der Waals surface area contributed by atoms with Crippen molar-refractivity contribution in [3.05, 3.63) is 58.4 Å². The first-order chi connectivity index (χ1) is 10.1. The summed E-state index contributed by atoms with van der Waals surface area (Å²) in [6.45, 7) is 3.99. The van der Waals surface area contributed by atoms with Crippen LogP contribution in [0, 0.1) is 25.2 Å². The van der Waals surface area contributed by atoms with Crippen LogP contribution >= 0.6 is 11.6 Å². The Bertz CT molecular complexity index is 872. The van der Waals surface area contributed by atoms with Crippen LogP contribution in [0.3, 0.4) is 0 Å². The lowest BCUT2D eigenvalue weighted by Crippen LogP contribution is -1.97. The quantitative estimate of drug-likeness (QED) is 0.706. The zero-order valence-electron chi connectivity index (χ0n) is 11.9. The van der Waals surface area contributed by atoms with E-state index in [0.717, 1.165) is 38.9 Å². The van der Waals surface area contributed by atoms with Gasteiger partial charge >= 0.3 is 0 Å². The van der Waals surface area contributed by atoms with Gasteiger partial charge in [0, 0.05) is 16.3 Å². The van der Waals surface area contributed by atoms with Crippen molar-refractivity contribution >= 4 is 17.2 Å². The molecule has 3 rings (SSSR count). The predicted octanol–water partition coefficient (Wildman–Crippen LogP) is 4.34. The summed E-state index contributed by atoms with van der Waals surface area (Å²) < 4.78 is 2.04. The van der Waals surface area contributed by atoms with Crippen LogP contribution in [0.5, 0.6) is 0 Å². The van der Waals surface area contributed by atoms with E-state index in [2.05, 4.69) is 6.07 Å². The highest BCUT2D eigenvalue weighted by Gasteiger charge is 2.15. The van der Waals surface area contributed by atoms with Gasteiger partial charge in [0.2, 0.25) is 0 Å². The van der Waals surface area contributed by atoms with Crippen molar-refractivity contribution in [2.45, 2.75) is 20.3 Å². The number of aryl methyl sites for hydroxylation is 2. The van der Waals surface area contributed by atoms with Crippen molar-refractivity contribution < 1.29 is 0 Å². The van der Waals surface area contributed by atoms with Crippen LogP contribution in [0.15, 0.2) is 36.4 Å². The zero-order valence-corrected chi connectivity index (χ0v) is 12.6. The molecule has 0 spiro atoms. The van der Waals surface area contributed by atoms with E-state index in [1.54, 1.807) is 0 Å². The monoisotopic (exact) mass is 295 g/mol. The fourth-order valence-electron chi connectivity index (χ4n) is 2.59. The minimum absolute atomic E-state index is 0.322. The minimum atomic E-state index is 0.322. The number of rotatable bonds is 2. The molecule has 0 saturated carbocycles. The first kappa shape index (κ1) is 13.7. The third kappa shape index (κ3) is 2.28. The smallest absolute Gasteiger partial charge is 0.137 e. The van der Waals surface area contributed by atoms with Gasteiger partial charge in [0.05, 0.1) is 23.9 Å². The van der Waals surface area contributed by atoms with E-state index in [4.69, 9.17) is 21.8 Å². The summed E-state index contributed by atoms with van der Waals surface area (Å²) in [4.78, 5) is 4.70. The van der Waals surface area contributed by atoms with Crippen LogP contribution in [-0.2, 0) is 6.42 Å². The maximum Gasteiger partial charge on any atom is 0.137 e. The summed E-state index contributed by atoms with van der Waals surface area (Å²) in [5.74, 6) is 0. The van der Waals surface area contributed by atoms with Crippen LogP contribution in [0.2, 0.25) is 5.02 Å². The number of imidazole rings is 1. The van der Waals surface area contributed by atoms with E-state index >= 15 is 0 Å². The van der Waals surface area contributed by atoms with Crippen molar-refractivity contribution in [1.82, 2.24) is 9.38 Å². The first-order valence-electron chi connectivity index (χ1n) is 6.72. The van der Waals surface area contributed by atoms with Crippen LogP contribution in [0.25, 0.3) is 16.9 Å². The van der Waals surface area contributed by atoms with Crippen LogP contribution < -0.4 is 0 Å². The second-order valence-corrected chi connectivity index (χ2v) is 5.47. The Kier molecular flexibility index (Phi) is 3.40. The van der Waals surface area contributed by atoms with Gasteiger partial charge in [-0.1, -0.05) is 23.7 Å².